The quantitative estimate of drug-likeness (QED) is 0.753. The number of hydrogen-bond donors (Lipinski definition) is 1. The predicted molar refractivity (Wildman–Crippen MR) is 97.7 cm³/mol. The van der Waals surface area contributed by atoms with Crippen LogP contribution in [0.25, 0.3) is 0 Å². The van der Waals surface area contributed by atoms with Crippen molar-refractivity contribution < 1.29 is 23.9 Å². The predicted octanol–water partition coefficient (Wildman–Crippen LogP) is 0.769. The summed E-state index contributed by atoms with van der Waals surface area (Å²) in [5.74, 6) is -0.869. The highest BCUT2D eigenvalue weighted by atomic mass is 16.6. The molecular formula is C19H28N4O5. The largest absolute Gasteiger partial charge is 0.444 e. The van der Waals surface area contributed by atoms with E-state index in [1.807, 2.05) is 0 Å². The van der Waals surface area contributed by atoms with Gasteiger partial charge in [0.2, 0.25) is 11.8 Å². The number of nitrogens with two attached hydrogens (primary N) is 1. The smallest absolute Gasteiger partial charge is 0.411 e. The molecule has 0 aromatic carbocycles. The number of amides is 3. The summed E-state index contributed by atoms with van der Waals surface area (Å²) in [5.41, 5.74) is 4.47. The van der Waals surface area contributed by atoms with Gasteiger partial charge in [-0.15, -0.1) is 0 Å². The summed E-state index contributed by atoms with van der Waals surface area (Å²) in [6, 6.07) is 0.715. The van der Waals surface area contributed by atoms with Gasteiger partial charge in [0.15, 0.2) is 0 Å². The molecule has 5 atom stereocenters. The molecular weight excluding hydrogens is 364 g/mol. The normalized spacial score (nSPS) is 31.7. The number of carbonyl (C=O) groups excluding carboxylic acids is 3. The number of rotatable bonds is 4. The molecule has 28 heavy (non-hydrogen) atoms. The lowest BCUT2D eigenvalue weighted by Crippen LogP contribution is -2.58. The first-order valence-corrected chi connectivity index (χ1v) is 9.73. The van der Waals surface area contributed by atoms with Crippen molar-refractivity contribution in [2.45, 2.75) is 76.3 Å². The molecule has 0 aromatic rings. The molecule has 1 aliphatic carbocycles. The average Bonchev–Trinajstić information content (AvgIpc) is 3.30. The molecule has 2 saturated heterocycles. The molecule has 0 radical (unpaired) electrons. The van der Waals surface area contributed by atoms with Crippen molar-refractivity contribution >= 4 is 17.9 Å². The number of carbonyl (C=O) groups is 3. The Kier molecular flexibility index (Phi) is 5.53. The SMILES string of the molecule is CC(C)(C)OC(=O)N1[C@@H]2C[C@@H](C[C@H]2OCC(N)=O)[C@H]1C(=O)N1CCC[C@H]1C#N. The van der Waals surface area contributed by atoms with E-state index >= 15 is 0 Å². The third-order valence-corrected chi connectivity index (χ3v) is 5.59. The van der Waals surface area contributed by atoms with Crippen LogP contribution in [-0.2, 0) is 19.1 Å². The molecule has 3 rings (SSSR count). The highest BCUT2D eigenvalue weighted by Gasteiger charge is 2.58. The summed E-state index contributed by atoms with van der Waals surface area (Å²) in [6.07, 6.45) is 1.67. The van der Waals surface area contributed by atoms with Gasteiger partial charge in [-0.25, -0.2) is 4.79 Å². The van der Waals surface area contributed by atoms with E-state index < -0.39 is 29.7 Å². The Balaban J connectivity index is 1.82. The van der Waals surface area contributed by atoms with E-state index in [4.69, 9.17) is 15.2 Å². The summed E-state index contributed by atoms with van der Waals surface area (Å²) in [7, 11) is 0. The first kappa shape index (κ1) is 20.4. The summed E-state index contributed by atoms with van der Waals surface area (Å²) in [5, 5.41) is 9.34. The van der Waals surface area contributed by atoms with Crippen LogP contribution in [0.1, 0.15) is 46.5 Å². The maximum absolute atomic E-state index is 13.3. The lowest BCUT2D eigenvalue weighted by molar-refractivity contribution is -0.142. The van der Waals surface area contributed by atoms with Crippen molar-refractivity contribution in [1.82, 2.24) is 9.80 Å². The van der Waals surface area contributed by atoms with Gasteiger partial charge < -0.3 is 20.1 Å². The van der Waals surface area contributed by atoms with Crippen LogP contribution in [0.3, 0.4) is 0 Å². The fourth-order valence-corrected chi connectivity index (χ4v) is 4.58. The Labute approximate surface area is 164 Å². The van der Waals surface area contributed by atoms with E-state index in [2.05, 4.69) is 6.07 Å². The Bertz CT molecular complexity index is 697. The van der Waals surface area contributed by atoms with Crippen molar-refractivity contribution in [2.75, 3.05) is 13.2 Å². The van der Waals surface area contributed by atoms with Crippen LogP contribution in [0, 0.1) is 17.2 Å². The molecule has 2 bridgehead atoms. The fourth-order valence-electron chi connectivity index (χ4n) is 4.58. The van der Waals surface area contributed by atoms with Crippen LogP contribution in [0.2, 0.25) is 0 Å². The molecule has 3 amide bonds. The first-order chi connectivity index (χ1) is 13.1. The standard InChI is InChI=1S/C19H28N4O5/c1-19(2,3)28-18(26)23-13-7-11(8-14(13)27-10-15(21)24)16(23)17(25)22-6-4-5-12(22)9-20/h11-14,16H,4-8,10H2,1-3H3,(H2,21,24)/t11-,12-,13+,14+,16-/m0/s1. The number of ether oxygens (including phenoxy) is 2. The Morgan fingerprint density at radius 3 is 2.57 bits per heavy atom. The zero-order valence-electron chi connectivity index (χ0n) is 16.6. The van der Waals surface area contributed by atoms with Crippen molar-refractivity contribution in [1.29, 1.82) is 5.26 Å². The van der Waals surface area contributed by atoms with Crippen molar-refractivity contribution in [3.8, 4) is 6.07 Å². The molecule has 3 fully saturated rings. The number of likely N-dealkylation sites (tertiary alicyclic amines) is 2. The lowest BCUT2D eigenvalue weighted by atomic mass is 9.96. The van der Waals surface area contributed by atoms with Gasteiger partial charge >= 0.3 is 6.09 Å². The van der Waals surface area contributed by atoms with Crippen LogP contribution in [0.4, 0.5) is 4.79 Å². The number of hydrogen-bond acceptors (Lipinski definition) is 6. The molecule has 9 nitrogen and oxygen atoms in total. The highest BCUT2D eigenvalue weighted by Crippen LogP contribution is 2.45. The molecule has 9 heteroatoms. The molecule has 0 unspecified atom stereocenters. The Morgan fingerprint density at radius 2 is 1.96 bits per heavy atom. The van der Waals surface area contributed by atoms with Gasteiger partial charge in [0, 0.05) is 6.54 Å². The lowest BCUT2D eigenvalue weighted by Gasteiger charge is -2.40. The fraction of sp³-hybridized carbons (Fsp3) is 0.789. The van der Waals surface area contributed by atoms with Gasteiger partial charge in [-0.2, -0.15) is 5.26 Å². The van der Waals surface area contributed by atoms with Gasteiger partial charge in [0.05, 0.1) is 18.2 Å². The third-order valence-electron chi connectivity index (χ3n) is 5.59. The summed E-state index contributed by atoms with van der Waals surface area (Å²) < 4.78 is 11.2. The number of fused-ring (bicyclic) bond motifs is 2. The molecule has 0 aromatic heterocycles. The van der Waals surface area contributed by atoms with Crippen LogP contribution < -0.4 is 5.73 Å². The zero-order chi connectivity index (χ0) is 20.6. The second-order valence-electron chi connectivity index (χ2n) is 8.77. The van der Waals surface area contributed by atoms with E-state index in [1.165, 1.54) is 4.90 Å². The number of piperidine rings is 1. The summed E-state index contributed by atoms with van der Waals surface area (Å²) >= 11 is 0. The summed E-state index contributed by atoms with van der Waals surface area (Å²) in [6.45, 7) is 5.60. The van der Waals surface area contributed by atoms with Crippen molar-refractivity contribution in [3.05, 3.63) is 0 Å². The Morgan fingerprint density at radius 1 is 1.25 bits per heavy atom. The maximum Gasteiger partial charge on any atom is 0.411 e. The van der Waals surface area contributed by atoms with Gasteiger partial charge in [-0.1, -0.05) is 0 Å². The zero-order valence-corrected chi connectivity index (χ0v) is 16.6. The molecule has 2 N–H and O–H groups in total. The average molecular weight is 392 g/mol. The summed E-state index contributed by atoms with van der Waals surface area (Å²) in [4.78, 5) is 40.3. The number of nitriles is 1. The van der Waals surface area contributed by atoms with Crippen LogP contribution in [-0.4, -0.2) is 70.7 Å². The van der Waals surface area contributed by atoms with Gasteiger partial charge in [-0.05, 0) is 52.4 Å². The van der Waals surface area contributed by atoms with E-state index in [9.17, 15) is 19.6 Å². The third kappa shape index (κ3) is 3.92. The topological polar surface area (TPSA) is 126 Å². The van der Waals surface area contributed by atoms with Gasteiger partial charge in [0.25, 0.3) is 0 Å². The Hall–Kier alpha value is -2.34. The molecule has 2 heterocycles. The monoisotopic (exact) mass is 392 g/mol. The minimum Gasteiger partial charge on any atom is -0.444 e. The number of primary amides is 1. The minimum atomic E-state index is -0.709. The second-order valence-corrected chi connectivity index (χ2v) is 8.77. The first-order valence-electron chi connectivity index (χ1n) is 9.73. The van der Waals surface area contributed by atoms with Crippen LogP contribution >= 0.6 is 0 Å². The van der Waals surface area contributed by atoms with Gasteiger partial charge in [0.1, 0.15) is 24.3 Å². The molecule has 0 spiro atoms. The van der Waals surface area contributed by atoms with Crippen molar-refractivity contribution in [3.63, 3.8) is 0 Å². The second kappa shape index (κ2) is 7.59. The van der Waals surface area contributed by atoms with Crippen LogP contribution in [0.5, 0.6) is 0 Å². The maximum atomic E-state index is 13.3. The number of nitrogens with zero attached hydrogens (tertiary/aromatic N) is 3. The molecule has 1 saturated carbocycles. The molecule has 3 aliphatic rings. The van der Waals surface area contributed by atoms with E-state index in [1.54, 1.807) is 25.7 Å². The van der Waals surface area contributed by atoms with Crippen LogP contribution in [0.15, 0.2) is 0 Å². The van der Waals surface area contributed by atoms with Crippen molar-refractivity contribution in [2.24, 2.45) is 11.7 Å². The highest BCUT2D eigenvalue weighted by molar-refractivity contribution is 5.88. The van der Waals surface area contributed by atoms with E-state index in [0.29, 0.717) is 25.8 Å². The van der Waals surface area contributed by atoms with E-state index in [0.717, 1.165) is 6.42 Å². The molecule has 2 aliphatic heterocycles. The van der Waals surface area contributed by atoms with Gasteiger partial charge in [-0.3, -0.25) is 14.5 Å². The van der Waals surface area contributed by atoms with E-state index in [-0.39, 0.29) is 30.6 Å². The minimum absolute atomic E-state index is 0.0946. The molecule has 154 valence electrons.